The summed E-state index contributed by atoms with van der Waals surface area (Å²) >= 11 is 0. The molecule has 0 unspecified atom stereocenters. The largest absolute Gasteiger partial charge is 0.310 e. The van der Waals surface area contributed by atoms with Crippen LogP contribution in [0.5, 0.6) is 0 Å². The highest BCUT2D eigenvalue weighted by molar-refractivity contribution is 6.09. The van der Waals surface area contributed by atoms with E-state index in [1.807, 2.05) is 0 Å². The van der Waals surface area contributed by atoms with Gasteiger partial charge in [-0.3, -0.25) is 4.79 Å². The average Bonchev–Trinajstić information content (AvgIpc) is 2.17. The summed E-state index contributed by atoms with van der Waals surface area (Å²) in [5.74, 6) is 0. The maximum Gasteiger partial charge on any atom is 0.150 e. The Morgan fingerprint density at radius 2 is 1.86 bits per heavy atom. The van der Waals surface area contributed by atoms with Crippen LogP contribution in [0.15, 0.2) is 24.3 Å². The first kappa shape index (κ1) is 10.3. The second-order valence-corrected chi connectivity index (χ2v) is 3.18. The standard InChI is InChI=1S/C11H12N2O/c1-8(12)6-11(13)10-4-2-9(7-14)3-5-10/h2-5,7,12-13H,6H2,1H3. The monoisotopic (exact) mass is 188 g/mol. The molecule has 0 atom stereocenters. The molecular weight excluding hydrogens is 176 g/mol. The average molecular weight is 188 g/mol. The SMILES string of the molecule is CC(=N)CC(=N)c1ccc(C=O)cc1. The zero-order valence-electron chi connectivity index (χ0n) is 8.00. The number of aldehydes is 1. The van der Waals surface area contributed by atoms with Crippen LogP contribution in [0, 0.1) is 10.8 Å². The summed E-state index contributed by atoms with van der Waals surface area (Å²) < 4.78 is 0. The van der Waals surface area contributed by atoms with Crippen molar-refractivity contribution in [3.8, 4) is 0 Å². The van der Waals surface area contributed by atoms with E-state index in [1.54, 1.807) is 31.2 Å². The van der Waals surface area contributed by atoms with Crippen molar-refractivity contribution in [3.05, 3.63) is 35.4 Å². The highest BCUT2D eigenvalue weighted by Crippen LogP contribution is 2.05. The van der Waals surface area contributed by atoms with Gasteiger partial charge in [0.25, 0.3) is 0 Å². The van der Waals surface area contributed by atoms with Crippen molar-refractivity contribution in [2.45, 2.75) is 13.3 Å². The molecule has 1 rings (SSSR count). The lowest BCUT2D eigenvalue weighted by atomic mass is 10.0. The molecule has 0 aromatic heterocycles. The lowest BCUT2D eigenvalue weighted by molar-refractivity contribution is 0.112. The molecule has 1 aromatic carbocycles. The molecule has 0 heterocycles. The van der Waals surface area contributed by atoms with Gasteiger partial charge in [-0.05, 0) is 12.5 Å². The number of hydrogen-bond acceptors (Lipinski definition) is 3. The van der Waals surface area contributed by atoms with Crippen LogP contribution in [-0.4, -0.2) is 17.7 Å². The number of benzene rings is 1. The van der Waals surface area contributed by atoms with Gasteiger partial charge in [0.2, 0.25) is 0 Å². The van der Waals surface area contributed by atoms with Crippen LogP contribution in [0.3, 0.4) is 0 Å². The predicted molar refractivity (Wildman–Crippen MR) is 56.7 cm³/mol. The van der Waals surface area contributed by atoms with Gasteiger partial charge in [0, 0.05) is 23.4 Å². The lowest BCUT2D eigenvalue weighted by Gasteiger charge is -2.02. The maximum atomic E-state index is 10.4. The molecule has 3 heteroatoms. The van der Waals surface area contributed by atoms with Gasteiger partial charge in [-0.15, -0.1) is 0 Å². The zero-order valence-corrected chi connectivity index (χ0v) is 8.00. The molecule has 0 amide bonds. The highest BCUT2D eigenvalue weighted by atomic mass is 16.1. The Morgan fingerprint density at radius 3 is 2.29 bits per heavy atom. The first-order chi connectivity index (χ1) is 6.63. The summed E-state index contributed by atoms with van der Waals surface area (Å²) in [5, 5.41) is 14.9. The fourth-order valence-electron chi connectivity index (χ4n) is 1.13. The van der Waals surface area contributed by atoms with Crippen molar-refractivity contribution in [1.29, 1.82) is 10.8 Å². The van der Waals surface area contributed by atoms with Crippen molar-refractivity contribution < 1.29 is 4.79 Å². The van der Waals surface area contributed by atoms with E-state index in [0.29, 0.717) is 23.4 Å². The summed E-state index contributed by atoms with van der Waals surface area (Å²) in [4.78, 5) is 10.4. The van der Waals surface area contributed by atoms with Gasteiger partial charge in [0.15, 0.2) is 0 Å². The Kier molecular flexibility index (Phi) is 3.29. The Morgan fingerprint density at radius 1 is 1.29 bits per heavy atom. The molecule has 72 valence electrons. The maximum absolute atomic E-state index is 10.4. The molecule has 0 saturated heterocycles. The van der Waals surface area contributed by atoms with Gasteiger partial charge in [-0.1, -0.05) is 24.3 Å². The van der Waals surface area contributed by atoms with E-state index in [1.165, 1.54) is 0 Å². The minimum atomic E-state index is 0.362. The summed E-state index contributed by atoms with van der Waals surface area (Å²) in [6.07, 6.45) is 1.13. The van der Waals surface area contributed by atoms with Gasteiger partial charge in [0.1, 0.15) is 6.29 Å². The third kappa shape index (κ3) is 2.62. The first-order valence-electron chi connectivity index (χ1n) is 4.30. The van der Waals surface area contributed by atoms with Crippen LogP contribution >= 0.6 is 0 Å². The van der Waals surface area contributed by atoms with Crippen LogP contribution in [-0.2, 0) is 0 Å². The summed E-state index contributed by atoms with van der Waals surface area (Å²) in [7, 11) is 0. The number of rotatable bonds is 4. The lowest BCUT2D eigenvalue weighted by Crippen LogP contribution is -2.04. The number of carbonyl (C=O) groups excluding carboxylic acids is 1. The fraction of sp³-hybridized carbons (Fsp3) is 0.182. The van der Waals surface area contributed by atoms with Crippen molar-refractivity contribution in [3.63, 3.8) is 0 Å². The number of hydrogen-bond donors (Lipinski definition) is 2. The zero-order chi connectivity index (χ0) is 10.6. The molecule has 0 radical (unpaired) electrons. The fourth-order valence-corrected chi connectivity index (χ4v) is 1.13. The summed E-state index contributed by atoms with van der Waals surface area (Å²) in [5.41, 5.74) is 2.25. The van der Waals surface area contributed by atoms with Gasteiger partial charge in [-0.25, -0.2) is 0 Å². The molecule has 0 bridgehead atoms. The first-order valence-corrected chi connectivity index (χ1v) is 4.30. The van der Waals surface area contributed by atoms with Crippen LogP contribution in [0.25, 0.3) is 0 Å². The van der Waals surface area contributed by atoms with E-state index >= 15 is 0 Å². The molecule has 0 aliphatic carbocycles. The Labute approximate surface area is 82.8 Å². The topological polar surface area (TPSA) is 64.8 Å². The van der Waals surface area contributed by atoms with E-state index in [9.17, 15) is 4.79 Å². The molecule has 0 fully saturated rings. The molecule has 0 aliphatic rings. The van der Waals surface area contributed by atoms with Crippen LogP contribution < -0.4 is 0 Å². The third-order valence-corrected chi connectivity index (χ3v) is 1.84. The summed E-state index contributed by atoms with van der Waals surface area (Å²) in [6.45, 7) is 1.67. The van der Waals surface area contributed by atoms with Crippen LogP contribution in [0.2, 0.25) is 0 Å². The Bertz CT molecular complexity index is 365. The molecule has 0 aliphatic heterocycles. The van der Waals surface area contributed by atoms with Gasteiger partial charge in [0.05, 0.1) is 0 Å². The van der Waals surface area contributed by atoms with Gasteiger partial charge in [-0.2, -0.15) is 0 Å². The minimum absolute atomic E-state index is 0.362. The van der Waals surface area contributed by atoms with Gasteiger partial charge < -0.3 is 10.8 Å². The molecule has 1 aromatic rings. The molecule has 3 nitrogen and oxygen atoms in total. The molecule has 2 N–H and O–H groups in total. The predicted octanol–water partition coefficient (Wildman–Crippen LogP) is 2.30. The van der Waals surface area contributed by atoms with E-state index in [4.69, 9.17) is 10.8 Å². The molecule has 0 spiro atoms. The van der Waals surface area contributed by atoms with Crippen molar-refractivity contribution >= 4 is 17.7 Å². The number of nitrogens with one attached hydrogen (secondary N) is 2. The van der Waals surface area contributed by atoms with Gasteiger partial charge >= 0.3 is 0 Å². The van der Waals surface area contributed by atoms with Crippen molar-refractivity contribution in [1.82, 2.24) is 0 Å². The van der Waals surface area contributed by atoms with Crippen molar-refractivity contribution in [2.24, 2.45) is 0 Å². The minimum Gasteiger partial charge on any atom is -0.310 e. The normalized spacial score (nSPS) is 9.50. The Hall–Kier alpha value is -1.77. The second kappa shape index (κ2) is 4.46. The molecular formula is C11H12N2O. The van der Waals surface area contributed by atoms with Crippen LogP contribution in [0.1, 0.15) is 29.3 Å². The molecule has 0 saturated carbocycles. The van der Waals surface area contributed by atoms with Crippen LogP contribution in [0.4, 0.5) is 0 Å². The van der Waals surface area contributed by atoms with E-state index in [0.717, 1.165) is 11.8 Å². The second-order valence-electron chi connectivity index (χ2n) is 3.18. The third-order valence-electron chi connectivity index (χ3n) is 1.84. The Balaban J connectivity index is 2.81. The van der Waals surface area contributed by atoms with E-state index in [-0.39, 0.29) is 0 Å². The quantitative estimate of drug-likeness (QED) is 0.552. The smallest absolute Gasteiger partial charge is 0.150 e. The highest BCUT2D eigenvalue weighted by Gasteiger charge is 2.01. The van der Waals surface area contributed by atoms with E-state index < -0.39 is 0 Å². The van der Waals surface area contributed by atoms with E-state index in [2.05, 4.69) is 0 Å². The summed E-state index contributed by atoms with van der Waals surface area (Å²) in [6, 6.07) is 6.82. The number of carbonyl (C=O) groups is 1. The molecule has 14 heavy (non-hydrogen) atoms. The van der Waals surface area contributed by atoms with Crippen molar-refractivity contribution in [2.75, 3.05) is 0 Å².